The molecule has 76 valence electrons. The third kappa shape index (κ3) is 4.09. The van der Waals surface area contributed by atoms with Crippen molar-refractivity contribution < 1.29 is 0 Å². The van der Waals surface area contributed by atoms with Crippen LogP contribution >= 0.6 is 0 Å². The van der Waals surface area contributed by atoms with Gasteiger partial charge in [0.1, 0.15) is 5.82 Å². The topological polar surface area (TPSA) is 28.7 Å². The summed E-state index contributed by atoms with van der Waals surface area (Å²) in [5, 5.41) is 0. The summed E-state index contributed by atoms with van der Waals surface area (Å²) in [5.41, 5.74) is 1.17. The lowest BCUT2D eigenvalue weighted by Crippen LogP contribution is -1.67. The van der Waals surface area contributed by atoms with Crippen LogP contribution in [-0.4, -0.2) is 9.97 Å². The van der Waals surface area contributed by atoms with Gasteiger partial charge in [-0.05, 0) is 11.6 Å². The Labute approximate surface area is 90.0 Å². The molecule has 2 rings (SSSR count). The Morgan fingerprint density at radius 1 is 1.07 bits per heavy atom. The van der Waals surface area contributed by atoms with Crippen LogP contribution in [0.5, 0.6) is 0 Å². The quantitative estimate of drug-likeness (QED) is 0.787. The number of aromatic nitrogens is 2. The minimum absolute atomic E-state index is 0.819. The SMILES string of the molecule is C=Cc1ccccc1.C=Cc1ncc[nH]1. The molecule has 0 bridgehead atoms. The molecule has 0 radical (unpaired) electrons. The minimum atomic E-state index is 0.819. The summed E-state index contributed by atoms with van der Waals surface area (Å²) in [6.07, 6.45) is 6.95. The van der Waals surface area contributed by atoms with Gasteiger partial charge in [0.2, 0.25) is 0 Å². The lowest BCUT2D eigenvalue weighted by Gasteiger charge is -1.85. The van der Waals surface area contributed by atoms with Gasteiger partial charge in [-0.25, -0.2) is 4.98 Å². The highest BCUT2D eigenvalue weighted by molar-refractivity contribution is 5.45. The van der Waals surface area contributed by atoms with Gasteiger partial charge >= 0.3 is 0 Å². The molecule has 2 nitrogen and oxygen atoms in total. The monoisotopic (exact) mass is 198 g/mol. The zero-order chi connectivity index (χ0) is 10.9. The van der Waals surface area contributed by atoms with E-state index in [2.05, 4.69) is 23.1 Å². The van der Waals surface area contributed by atoms with E-state index in [0.29, 0.717) is 0 Å². The van der Waals surface area contributed by atoms with Crippen molar-refractivity contribution in [2.75, 3.05) is 0 Å². The number of hydrogen-bond donors (Lipinski definition) is 1. The van der Waals surface area contributed by atoms with Crippen LogP contribution in [0.2, 0.25) is 0 Å². The molecule has 0 atom stereocenters. The molecule has 0 fully saturated rings. The van der Waals surface area contributed by atoms with Crippen molar-refractivity contribution in [1.82, 2.24) is 9.97 Å². The Morgan fingerprint density at radius 3 is 2.13 bits per heavy atom. The highest BCUT2D eigenvalue weighted by atomic mass is 14.9. The molecule has 0 aliphatic carbocycles. The lowest BCUT2D eigenvalue weighted by molar-refractivity contribution is 1.27. The van der Waals surface area contributed by atoms with E-state index < -0.39 is 0 Å². The molecule has 2 aromatic rings. The van der Waals surface area contributed by atoms with E-state index in [1.807, 2.05) is 36.4 Å². The predicted octanol–water partition coefficient (Wildman–Crippen LogP) is 3.38. The first-order valence-corrected chi connectivity index (χ1v) is 4.66. The number of nitrogens with one attached hydrogen (secondary N) is 1. The second kappa shape index (κ2) is 6.38. The fraction of sp³-hybridized carbons (Fsp3) is 0. The fourth-order valence-electron chi connectivity index (χ4n) is 0.978. The predicted molar refractivity (Wildman–Crippen MR) is 65.2 cm³/mol. The van der Waals surface area contributed by atoms with Crippen molar-refractivity contribution in [1.29, 1.82) is 0 Å². The third-order valence-electron chi connectivity index (χ3n) is 1.75. The van der Waals surface area contributed by atoms with Crippen LogP contribution in [-0.2, 0) is 0 Å². The Kier molecular flexibility index (Phi) is 4.67. The van der Waals surface area contributed by atoms with Gasteiger partial charge < -0.3 is 4.98 Å². The average molecular weight is 198 g/mol. The molecule has 0 saturated carbocycles. The molecular weight excluding hydrogens is 184 g/mol. The molecule has 0 saturated heterocycles. The normalized spacial score (nSPS) is 8.53. The maximum atomic E-state index is 3.86. The van der Waals surface area contributed by atoms with Crippen molar-refractivity contribution in [2.24, 2.45) is 0 Å². The van der Waals surface area contributed by atoms with Gasteiger partial charge in [0.05, 0.1) is 0 Å². The molecular formula is C13H14N2. The number of aromatic amines is 1. The van der Waals surface area contributed by atoms with Crippen molar-refractivity contribution >= 4 is 12.2 Å². The molecule has 2 heteroatoms. The Bertz CT molecular complexity index is 388. The molecule has 1 aromatic heterocycles. The van der Waals surface area contributed by atoms with E-state index in [4.69, 9.17) is 0 Å². The van der Waals surface area contributed by atoms with Crippen LogP contribution in [0.3, 0.4) is 0 Å². The Balaban J connectivity index is 0.000000151. The number of rotatable bonds is 2. The standard InChI is InChI=1S/C8H8.C5H6N2/c1-2-8-6-4-3-5-7-8;1-2-5-6-3-4-7-5/h2-7H,1H2;2-4H,1H2,(H,6,7). The van der Waals surface area contributed by atoms with E-state index in [0.717, 1.165) is 5.82 Å². The van der Waals surface area contributed by atoms with Gasteiger partial charge in [-0.2, -0.15) is 0 Å². The van der Waals surface area contributed by atoms with Crippen LogP contribution in [0.4, 0.5) is 0 Å². The molecule has 1 aromatic carbocycles. The number of hydrogen-bond acceptors (Lipinski definition) is 1. The maximum absolute atomic E-state index is 3.86. The van der Waals surface area contributed by atoms with Crippen LogP contribution in [0.1, 0.15) is 11.4 Å². The zero-order valence-corrected chi connectivity index (χ0v) is 8.56. The van der Waals surface area contributed by atoms with Crippen LogP contribution in [0, 0.1) is 0 Å². The first kappa shape index (κ1) is 11.0. The fourth-order valence-corrected chi connectivity index (χ4v) is 0.978. The molecule has 15 heavy (non-hydrogen) atoms. The first-order valence-electron chi connectivity index (χ1n) is 4.66. The molecule has 0 aliphatic rings. The number of imidazole rings is 1. The summed E-state index contributed by atoms with van der Waals surface area (Å²) in [6.45, 7) is 7.14. The maximum Gasteiger partial charge on any atom is 0.129 e. The van der Waals surface area contributed by atoms with Gasteiger partial charge in [-0.15, -0.1) is 0 Å². The largest absolute Gasteiger partial charge is 0.345 e. The summed E-state index contributed by atoms with van der Waals surface area (Å²) < 4.78 is 0. The summed E-state index contributed by atoms with van der Waals surface area (Å²) in [4.78, 5) is 6.72. The molecule has 0 unspecified atom stereocenters. The summed E-state index contributed by atoms with van der Waals surface area (Å²) >= 11 is 0. The number of H-pyrrole nitrogens is 1. The van der Waals surface area contributed by atoms with E-state index in [-0.39, 0.29) is 0 Å². The smallest absolute Gasteiger partial charge is 0.129 e. The third-order valence-corrected chi connectivity index (χ3v) is 1.75. The van der Waals surface area contributed by atoms with E-state index in [9.17, 15) is 0 Å². The molecule has 0 spiro atoms. The summed E-state index contributed by atoms with van der Waals surface area (Å²) in [5.74, 6) is 0.819. The number of nitrogens with zero attached hydrogens (tertiary/aromatic N) is 1. The second-order valence-electron chi connectivity index (χ2n) is 2.79. The molecule has 1 heterocycles. The second-order valence-corrected chi connectivity index (χ2v) is 2.79. The van der Waals surface area contributed by atoms with Crippen molar-refractivity contribution in [3.8, 4) is 0 Å². The summed E-state index contributed by atoms with van der Waals surface area (Å²) in [6, 6.07) is 10.0. The van der Waals surface area contributed by atoms with E-state index >= 15 is 0 Å². The highest BCUT2D eigenvalue weighted by Crippen LogP contribution is 1.97. The Morgan fingerprint density at radius 2 is 1.80 bits per heavy atom. The highest BCUT2D eigenvalue weighted by Gasteiger charge is 1.78. The zero-order valence-electron chi connectivity index (χ0n) is 8.56. The van der Waals surface area contributed by atoms with Gasteiger partial charge in [0.25, 0.3) is 0 Å². The van der Waals surface area contributed by atoms with Crippen molar-refractivity contribution in [3.05, 3.63) is 67.3 Å². The molecule has 0 aliphatic heterocycles. The van der Waals surface area contributed by atoms with Crippen LogP contribution in [0.25, 0.3) is 12.2 Å². The van der Waals surface area contributed by atoms with Gasteiger partial charge in [0, 0.05) is 12.4 Å². The van der Waals surface area contributed by atoms with Crippen molar-refractivity contribution in [3.63, 3.8) is 0 Å². The van der Waals surface area contributed by atoms with Gasteiger partial charge in [-0.3, -0.25) is 0 Å². The molecule has 0 amide bonds. The van der Waals surface area contributed by atoms with Crippen molar-refractivity contribution in [2.45, 2.75) is 0 Å². The van der Waals surface area contributed by atoms with E-state index in [1.165, 1.54) is 5.56 Å². The summed E-state index contributed by atoms with van der Waals surface area (Å²) in [7, 11) is 0. The minimum Gasteiger partial charge on any atom is -0.345 e. The Hall–Kier alpha value is -2.09. The number of benzene rings is 1. The van der Waals surface area contributed by atoms with E-state index in [1.54, 1.807) is 18.5 Å². The molecule has 1 N–H and O–H groups in total. The van der Waals surface area contributed by atoms with Gasteiger partial charge in [0.15, 0.2) is 0 Å². The van der Waals surface area contributed by atoms with Crippen LogP contribution in [0.15, 0.2) is 55.9 Å². The lowest BCUT2D eigenvalue weighted by atomic mass is 10.2. The van der Waals surface area contributed by atoms with Crippen LogP contribution < -0.4 is 0 Å². The van der Waals surface area contributed by atoms with Gasteiger partial charge in [-0.1, -0.05) is 49.6 Å². The average Bonchev–Trinajstić information content (AvgIpc) is 2.84. The first-order chi connectivity index (χ1) is 7.36.